The van der Waals surface area contributed by atoms with Crippen LogP contribution in [0.3, 0.4) is 0 Å². The number of carbonyl (C=O) groups is 1. The number of nitrogens with zero attached hydrogens (tertiary/aromatic N) is 1. The first-order valence-corrected chi connectivity index (χ1v) is 9.33. The second-order valence-corrected chi connectivity index (χ2v) is 7.17. The standard InChI is InChI=1S/C20H31N3O3/c1-14(2)22-20(11-15(3)21)23-10-5-4-7-16(23)13-26-19-9-6-8-18(25)17(19)12-24/h6,8-9,11-12,14-16,22,25H,4-5,7,10,13,21H2,1-3H3/b20-11+/t15?,16-/m0/s1. The summed E-state index contributed by atoms with van der Waals surface area (Å²) in [5.74, 6) is 1.40. The Morgan fingerprint density at radius 3 is 2.85 bits per heavy atom. The number of rotatable bonds is 8. The van der Waals surface area contributed by atoms with Gasteiger partial charge in [-0.1, -0.05) is 6.07 Å². The summed E-state index contributed by atoms with van der Waals surface area (Å²) in [7, 11) is 0. The van der Waals surface area contributed by atoms with E-state index in [1.165, 1.54) is 6.07 Å². The Hall–Kier alpha value is -2.21. The number of phenols is 1. The normalized spacial score (nSPS) is 19.3. The predicted octanol–water partition coefficient (Wildman–Crippen LogP) is 2.62. The third kappa shape index (κ3) is 5.39. The van der Waals surface area contributed by atoms with Gasteiger partial charge in [-0.2, -0.15) is 0 Å². The van der Waals surface area contributed by atoms with Crippen LogP contribution in [0.5, 0.6) is 11.5 Å². The maximum atomic E-state index is 11.2. The molecule has 2 atom stereocenters. The van der Waals surface area contributed by atoms with Gasteiger partial charge < -0.3 is 25.8 Å². The van der Waals surface area contributed by atoms with Crippen LogP contribution in [0.4, 0.5) is 0 Å². The van der Waals surface area contributed by atoms with Crippen molar-refractivity contribution in [3.05, 3.63) is 35.7 Å². The van der Waals surface area contributed by atoms with Crippen molar-refractivity contribution in [1.82, 2.24) is 10.2 Å². The Morgan fingerprint density at radius 1 is 1.42 bits per heavy atom. The summed E-state index contributed by atoms with van der Waals surface area (Å²) in [5, 5.41) is 13.3. The average molecular weight is 361 g/mol. The molecule has 144 valence electrons. The summed E-state index contributed by atoms with van der Waals surface area (Å²) in [6.45, 7) is 7.55. The molecule has 0 radical (unpaired) electrons. The summed E-state index contributed by atoms with van der Waals surface area (Å²) in [5.41, 5.74) is 6.20. The summed E-state index contributed by atoms with van der Waals surface area (Å²) < 4.78 is 5.92. The van der Waals surface area contributed by atoms with Crippen LogP contribution in [0.1, 0.15) is 50.4 Å². The monoisotopic (exact) mass is 361 g/mol. The van der Waals surface area contributed by atoms with Gasteiger partial charge in [0, 0.05) is 18.6 Å². The van der Waals surface area contributed by atoms with Crippen LogP contribution in [-0.2, 0) is 0 Å². The molecule has 0 spiro atoms. The number of likely N-dealkylation sites (tertiary alicyclic amines) is 1. The first-order valence-electron chi connectivity index (χ1n) is 9.33. The number of ether oxygens (including phenoxy) is 1. The molecule has 0 aromatic heterocycles. The van der Waals surface area contributed by atoms with Gasteiger partial charge in [0.1, 0.15) is 18.1 Å². The van der Waals surface area contributed by atoms with Gasteiger partial charge >= 0.3 is 0 Å². The van der Waals surface area contributed by atoms with Gasteiger partial charge in [-0.05, 0) is 58.2 Å². The molecule has 1 aromatic carbocycles. The van der Waals surface area contributed by atoms with Gasteiger partial charge in [0.15, 0.2) is 6.29 Å². The van der Waals surface area contributed by atoms with Crippen molar-refractivity contribution in [1.29, 1.82) is 0 Å². The number of carbonyl (C=O) groups excluding carboxylic acids is 1. The molecule has 1 aliphatic rings. The second kappa shape index (κ2) is 9.48. The van der Waals surface area contributed by atoms with Crippen molar-refractivity contribution in [2.75, 3.05) is 13.2 Å². The number of aromatic hydroxyl groups is 1. The van der Waals surface area contributed by atoms with Gasteiger partial charge in [-0.25, -0.2) is 0 Å². The van der Waals surface area contributed by atoms with E-state index in [1.807, 2.05) is 13.0 Å². The summed E-state index contributed by atoms with van der Waals surface area (Å²) >= 11 is 0. The number of benzene rings is 1. The fourth-order valence-electron chi connectivity index (χ4n) is 3.23. The van der Waals surface area contributed by atoms with Crippen LogP contribution in [0.25, 0.3) is 0 Å². The fourth-order valence-corrected chi connectivity index (χ4v) is 3.23. The Balaban J connectivity index is 2.15. The first-order chi connectivity index (χ1) is 12.4. The number of hydrogen-bond acceptors (Lipinski definition) is 6. The molecule has 0 bridgehead atoms. The fraction of sp³-hybridized carbons (Fsp3) is 0.550. The van der Waals surface area contributed by atoms with Crippen LogP contribution < -0.4 is 15.8 Å². The van der Waals surface area contributed by atoms with Crippen LogP contribution in [0.2, 0.25) is 0 Å². The molecule has 0 saturated carbocycles. The number of nitrogens with one attached hydrogen (secondary N) is 1. The molecular weight excluding hydrogens is 330 g/mol. The molecule has 1 unspecified atom stereocenters. The Kier molecular flexibility index (Phi) is 7.33. The Morgan fingerprint density at radius 2 is 2.19 bits per heavy atom. The molecule has 26 heavy (non-hydrogen) atoms. The first kappa shape index (κ1) is 20.1. The molecule has 4 N–H and O–H groups in total. The third-order valence-electron chi connectivity index (χ3n) is 4.39. The van der Waals surface area contributed by atoms with Gasteiger partial charge in [0.05, 0.1) is 17.4 Å². The summed E-state index contributed by atoms with van der Waals surface area (Å²) in [4.78, 5) is 13.5. The molecule has 1 aliphatic heterocycles. The van der Waals surface area contributed by atoms with Crippen LogP contribution in [-0.4, -0.2) is 47.6 Å². The molecule has 0 aliphatic carbocycles. The van der Waals surface area contributed by atoms with Crippen LogP contribution >= 0.6 is 0 Å². The molecule has 6 heteroatoms. The molecule has 6 nitrogen and oxygen atoms in total. The van der Waals surface area contributed by atoms with Crippen molar-refractivity contribution < 1.29 is 14.6 Å². The highest BCUT2D eigenvalue weighted by Gasteiger charge is 2.26. The highest BCUT2D eigenvalue weighted by Crippen LogP contribution is 2.27. The Bertz CT molecular complexity index is 629. The number of nitrogens with two attached hydrogens (primary N) is 1. The van der Waals surface area contributed by atoms with Gasteiger partial charge in [0.25, 0.3) is 0 Å². The third-order valence-corrected chi connectivity index (χ3v) is 4.39. The van der Waals surface area contributed by atoms with E-state index in [0.29, 0.717) is 24.7 Å². The smallest absolute Gasteiger partial charge is 0.157 e. The molecule has 2 rings (SSSR count). The minimum atomic E-state index is -0.0583. The lowest BCUT2D eigenvalue weighted by molar-refractivity contribution is 0.109. The van der Waals surface area contributed by atoms with Crippen molar-refractivity contribution in [2.24, 2.45) is 5.73 Å². The van der Waals surface area contributed by atoms with E-state index in [4.69, 9.17) is 10.5 Å². The van der Waals surface area contributed by atoms with E-state index in [2.05, 4.69) is 24.1 Å². The number of aldehydes is 1. The molecule has 0 amide bonds. The number of piperidine rings is 1. The van der Waals surface area contributed by atoms with Crippen molar-refractivity contribution in [3.63, 3.8) is 0 Å². The lowest BCUT2D eigenvalue weighted by atomic mass is 10.0. The Labute approximate surface area is 156 Å². The molecular formula is C20H31N3O3. The van der Waals surface area contributed by atoms with E-state index >= 15 is 0 Å². The zero-order valence-corrected chi connectivity index (χ0v) is 15.9. The molecule has 1 heterocycles. The second-order valence-electron chi connectivity index (χ2n) is 7.17. The lowest BCUT2D eigenvalue weighted by Crippen LogP contribution is -2.47. The molecule has 1 aromatic rings. The zero-order chi connectivity index (χ0) is 19.1. The van der Waals surface area contributed by atoms with Crippen LogP contribution in [0.15, 0.2) is 30.1 Å². The SMILES string of the molecule is CC(N)/C=C(\NC(C)C)N1CCCC[C@H]1COc1cccc(O)c1C=O. The molecule has 1 saturated heterocycles. The highest BCUT2D eigenvalue weighted by molar-refractivity contribution is 5.83. The highest BCUT2D eigenvalue weighted by atomic mass is 16.5. The van der Waals surface area contributed by atoms with E-state index in [0.717, 1.165) is 31.6 Å². The van der Waals surface area contributed by atoms with E-state index < -0.39 is 0 Å². The summed E-state index contributed by atoms with van der Waals surface area (Å²) in [6.07, 6.45) is 5.94. The summed E-state index contributed by atoms with van der Waals surface area (Å²) in [6, 6.07) is 5.31. The van der Waals surface area contributed by atoms with Crippen LogP contribution in [0, 0.1) is 0 Å². The predicted molar refractivity (Wildman–Crippen MR) is 103 cm³/mol. The van der Waals surface area contributed by atoms with E-state index in [9.17, 15) is 9.90 Å². The quantitative estimate of drug-likeness (QED) is 0.617. The largest absolute Gasteiger partial charge is 0.507 e. The van der Waals surface area contributed by atoms with Gasteiger partial charge in [-0.15, -0.1) is 0 Å². The van der Waals surface area contributed by atoms with E-state index in [-0.39, 0.29) is 23.4 Å². The number of phenolic OH excluding ortho intramolecular Hbond substituents is 1. The van der Waals surface area contributed by atoms with Crippen molar-refractivity contribution >= 4 is 6.29 Å². The molecule has 1 fully saturated rings. The topological polar surface area (TPSA) is 87.8 Å². The van der Waals surface area contributed by atoms with Crippen molar-refractivity contribution in [3.8, 4) is 11.5 Å². The van der Waals surface area contributed by atoms with Gasteiger partial charge in [0.2, 0.25) is 0 Å². The minimum absolute atomic E-state index is 0.0486. The van der Waals surface area contributed by atoms with E-state index in [1.54, 1.807) is 12.1 Å². The minimum Gasteiger partial charge on any atom is -0.507 e. The number of hydrogen-bond donors (Lipinski definition) is 3. The lowest BCUT2D eigenvalue weighted by Gasteiger charge is -2.40. The zero-order valence-electron chi connectivity index (χ0n) is 15.9. The maximum Gasteiger partial charge on any atom is 0.157 e. The van der Waals surface area contributed by atoms with Crippen molar-refractivity contribution in [2.45, 2.75) is 58.2 Å². The van der Waals surface area contributed by atoms with Gasteiger partial charge in [-0.3, -0.25) is 4.79 Å². The average Bonchev–Trinajstić information content (AvgIpc) is 2.59. The maximum absolute atomic E-state index is 11.2.